The van der Waals surface area contributed by atoms with Crippen LogP contribution in [0.5, 0.6) is 0 Å². The number of hydrogen-bond acceptors (Lipinski definition) is 3. The fourth-order valence-electron chi connectivity index (χ4n) is 2.83. The Hall–Kier alpha value is -0.930. The molecule has 1 atom stereocenters. The molecule has 19 heavy (non-hydrogen) atoms. The van der Waals surface area contributed by atoms with Gasteiger partial charge in [-0.15, -0.1) is 0 Å². The van der Waals surface area contributed by atoms with E-state index in [0.29, 0.717) is 0 Å². The van der Waals surface area contributed by atoms with E-state index in [1.807, 2.05) is 0 Å². The van der Waals surface area contributed by atoms with E-state index in [9.17, 15) is 0 Å². The Morgan fingerprint density at radius 2 is 2.32 bits per heavy atom. The smallest absolute Gasteiger partial charge is 0.0547 e. The van der Waals surface area contributed by atoms with Gasteiger partial charge in [0.2, 0.25) is 0 Å². The van der Waals surface area contributed by atoms with E-state index >= 15 is 0 Å². The molecule has 0 bridgehead atoms. The second kappa shape index (κ2) is 7.61. The second-order valence-corrected chi connectivity index (χ2v) is 5.64. The zero-order valence-electron chi connectivity index (χ0n) is 12.4. The molecule has 3 heteroatoms. The molecular weight excluding hydrogens is 234 g/mol. The summed E-state index contributed by atoms with van der Waals surface area (Å²) in [5.41, 5.74) is 2.31. The molecule has 2 rings (SSSR count). The van der Waals surface area contributed by atoms with Crippen molar-refractivity contribution in [3.8, 4) is 0 Å². The van der Waals surface area contributed by atoms with Crippen LogP contribution in [0.4, 0.5) is 0 Å². The van der Waals surface area contributed by atoms with Crippen molar-refractivity contribution in [2.24, 2.45) is 5.92 Å². The van der Waals surface area contributed by atoms with Crippen molar-refractivity contribution in [1.82, 2.24) is 15.2 Å². The lowest BCUT2D eigenvalue weighted by Gasteiger charge is -2.20. The van der Waals surface area contributed by atoms with Crippen LogP contribution < -0.4 is 5.32 Å². The summed E-state index contributed by atoms with van der Waals surface area (Å²) in [6.45, 7) is 10.0. The molecule has 1 aromatic rings. The normalized spacial score (nSPS) is 19.2. The molecule has 1 aliphatic rings. The van der Waals surface area contributed by atoms with Crippen LogP contribution in [0.1, 0.15) is 37.6 Å². The molecule has 0 saturated carbocycles. The van der Waals surface area contributed by atoms with Gasteiger partial charge in [-0.3, -0.25) is 9.88 Å². The van der Waals surface area contributed by atoms with Crippen molar-refractivity contribution in [2.45, 2.75) is 39.7 Å². The van der Waals surface area contributed by atoms with Crippen molar-refractivity contribution in [3.63, 3.8) is 0 Å². The van der Waals surface area contributed by atoms with Gasteiger partial charge in [0.15, 0.2) is 0 Å². The Morgan fingerprint density at radius 3 is 3.00 bits per heavy atom. The average Bonchev–Trinajstić information content (AvgIpc) is 2.91. The monoisotopic (exact) mass is 261 g/mol. The maximum Gasteiger partial charge on any atom is 0.0547 e. The van der Waals surface area contributed by atoms with E-state index in [1.54, 1.807) is 0 Å². The van der Waals surface area contributed by atoms with Crippen LogP contribution in [0.25, 0.3) is 0 Å². The number of nitrogens with zero attached hydrogens (tertiary/aromatic N) is 2. The summed E-state index contributed by atoms with van der Waals surface area (Å²) in [4.78, 5) is 7.10. The highest BCUT2D eigenvalue weighted by Crippen LogP contribution is 2.15. The molecule has 1 aromatic heterocycles. The maximum atomic E-state index is 4.59. The summed E-state index contributed by atoms with van der Waals surface area (Å²) in [7, 11) is 0. The third kappa shape index (κ3) is 4.92. The van der Waals surface area contributed by atoms with Crippen molar-refractivity contribution < 1.29 is 0 Å². The quantitative estimate of drug-likeness (QED) is 0.818. The van der Waals surface area contributed by atoms with Crippen molar-refractivity contribution >= 4 is 0 Å². The number of rotatable bonds is 7. The predicted octanol–water partition coefficient (Wildman–Crippen LogP) is 2.60. The van der Waals surface area contributed by atoms with E-state index in [1.165, 1.54) is 44.6 Å². The fraction of sp³-hybridized carbons (Fsp3) is 0.688. The summed E-state index contributed by atoms with van der Waals surface area (Å²) in [5.74, 6) is 0.913. The first-order valence-corrected chi connectivity index (χ1v) is 7.63. The number of nitrogens with one attached hydrogen (secondary N) is 1. The molecule has 1 unspecified atom stereocenters. The predicted molar refractivity (Wildman–Crippen MR) is 80.1 cm³/mol. The molecule has 3 nitrogen and oxygen atoms in total. The first-order chi connectivity index (χ1) is 9.28. The molecule has 0 amide bonds. The highest BCUT2D eigenvalue weighted by molar-refractivity contribution is 5.09. The summed E-state index contributed by atoms with van der Waals surface area (Å²) in [6, 6.07) is 6.30. The van der Waals surface area contributed by atoms with Crippen LogP contribution in [0, 0.1) is 12.8 Å². The van der Waals surface area contributed by atoms with Crippen molar-refractivity contribution in [3.05, 3.63) is 29.6 Å². The summed E-state index contributed by atoms with van der Waals surface area (Å²) < 4.78 is 0. The lowest BCUT2D eigenvalue weighted by Crippen LogP contribution is -2.25. The zero-order chi connectivity index (χ0) is 13.5. The SMILES string of the molecule is CCN(CCCC1CCNC1)Cc1cccc(C)n1. The maximum absolute atomic E-state index is 4.59. The van der Waals surface area contributed by atoms with Gasteiger partial charge in [-0.05, 0) is 70.4 Å². The third-order valence-corrected chi connectivity index (χ3v) is 4.03. The minimum atomic E-state index is 0.913. The van der Waals surface area contributed by atoms with E-state index in [0.717, 1.165) is 24.7 Å². The van der Waals surface area contributed by atoms with Gasteiger partial charge in [0.25, 0.3) is 0 Å². The molecule has 1 aliphatic heterocycles. The van der Waals surface area contributed by atoms with Crippen LogP contribution in [0.15, 0.2) is 18.2 Å². The molecule has 0 aromatic carbocycles. The Bertz CT molecular complexity index is 372. The Labute approximate surface area is 117 Å². The Morgan fingerprint density at radius 1 is 1.42 bits per heavy atom. The van der Waals surface area contributed by atoms with Gasteiger partial charge >= 0.3 is 0 Å². The molecule has 1 N–H and O–H groups in total. The van der Waals surface area contributed by atoms with Gasteiger partial charge < -0.3 is 5.32 Å². The minimum Gasteiger partial charge on any atom is -0.316 e. The molecule has 0 radical (unpaired) electrons. The van der Waals surface area contributed by atoms with Gasteiger partial charge in [0, 0.05) is 12.2 Å². The summed E-state index contributed by atoms with van der Waals surface area (Å²) in [5, 5.41) is 3.45. The molecule has 0 spiro atoms. The Balaban J connectivity index is 1.73. The van der Waals surface area contributed by atoms with Crippen LogP contribution >= 0.6 is 0 Å². The molecule has 0 aliphatic carbocycles. The molecule has 106 valence electrons. The molecule has 1 saturated heterocycles. The van der Waals surface area contributed by atoms with Crippen LogP contribution in [0.3, 0.4) is 0 Å². The van der Waals surface area contributed by atoms with Gasteiger partial charge in [-0.2, -0.15) is 0 Å². The fourth-order valence-corrected chi connectivity index (χ4v) is 2.83. The van der Waals surface area contributed by atoms with E-state index < -0.39 is 0 Å². The summed E-state index contributed by atoms with van der Waals surface area (Å²) in [6.07, 6.45) is 4.04. The van der Waals surface area contributed by atoms with E-state index in [2.05, 4.69) is 47.2 Å². The van der Waals surface area contributed by atoms with E-state index in [-0.39, 0.29) is 0 Å². The second-order valence-electron chi connectivity index (χ2n) is 5.64. The molecule has 1 fully saturated rings. The highest BCUT2D eigenvalue weighted by atomic mass is 15.1. The van der Waals surface area contributed by atoms with Crippen LogP contribution in [0.2, 0.25) is 0 Å². The highest BCUT2D eigenvalue weighted by Gasteiger charge is 2.14. The largest absolute Gasteiger partial charge is 0.316 e. The number of hydrogen-bond donors (Lipinski definition) is 1. The topological polar surface area (TPSA) is 28.2 Å². The number of aryl methyl sites for hydroxylation is 1. The van der Waals surface area contributed by atoms with Crippen molar-refractivity contribution in [1.29, 1.82) is 0 Å². The molecule has 2 heterocycles. The lowest BCUT2D eigenvalue weighted by atomic mass is 10.0. The van der Waals surface area contributed by atoms with Crippen LogP contribution in [-0.2, 0) is 6.54 Å². The first-order valence-electron chi connectivity index (χ1n) is 7.63. The zero-order valence-corrected chi connectivity index (χ0v) is 12.4. The summed E-state index contributed by atoms with van der Waals surface area (Å²) >= 11 is 0. The van der Waals surface area contributed by atoms with Gasteiger partial charge in [-0.25, -0.2) is 0 Å². The lowest BCUT2D eigenvalue weighted by molar-refractivity contribution is 0.263. The minimum absolute atomic E-state index is 0.913. The Kier molecular flexibility index (Phi) is 5.80. The van der Waals surface area contributed by atoms with Gasteiger partial charge in [-0.1, -0.05) is 13.0 Å². The third-order valence-electron chi connectivity index (χ3n) is 4.03. The first kappa shape index (κ1) is 14.5. The number of pyridine rings is 1. The average molecular weight is 261 g/mol. The number of aromatic nitrogens is 1. The van der Waals surface area contributed by atoms with E-state index in [4.69, 9.17) is 0 Å². The van der Waals surface area contributed by atoms with Crippen LogP contribution in [-0.4, -0.2) is 36.1 Å². The van der Waals surface area contributed by atoms with Gasteiger partial charge in [0.1, 0.15) is 0 Å². The standard InChI is InChI=1S/C16H27N3/c1-3-19(11-5-7-15-9-10-17-12-15)13-16-8-4-6-14(2)18-16/h4,6,8,15,17H,3,5,7,9-13H2,1-2H3. The van der Waals surface area contributed by atoms with Gasteiger partial charge in [0.05, 0.1) is 5.69 Å². The van der Waals surface area contributed by atoms with Crippen molar-refractivity contribution in [2.75, 3.05) is 26.2 Å². The molecular formula is C16H27N3.